The number of morpholine rings is 1. The summed E-state index contributed by atoms with van der Waals surface area (Å²) in [6.45, 7) is 4.83. The van der Waals surface area contributed by atoms with E-state index in [4.69, 9.17) is 10.5 Å². The topological polar surface area (TPSA) is 97.5 Å². The van der Waals surface area contributed by atoms with Gasteiger partial charge in [-0.3, -0.25) is 19.5 Å². The van der Waals surface area contributed by atoms with E-state index in [9.17, 15) is 9.59 Å². The lowest BCUT2D eigenvalue weighted by Crippen LogP contribution is -2.35. The third kappa shape index (κ3) is 4.87. The summed E-state index contributed by atoms with van der Waals surface area (Å²) in [5, 5.41) is 2.84. The number of rotatable bonds is 6. The van der Waals surface area contributed by atoms with Crippen LogP contribution in [0.3, 0.4) is 0 Å². The number of primary amides is 1. The first kappa shape index (κ1) is 18.0. The quantitative estimate of drug-likeness (QED) is 0.805. The summed E-state index contributed by atoms with van der Waals surface area (Å²) in [4.78, 5) is 29.4. The van der Waals surface area contributed by atoms with Gasteiger partial charge in [0.05, 0.1) is 18.8 Å². The lowest BCUT2D eigenvalue weighted by atomic mass is 10.1. The Bertz CT molecular complexity index is 753. The Hall–Kier alpha value is -2.77. The highest BCUT2D eigenvalue weighted by Crippen LogP contribution is 2.09. The summed E-state index contributed by atoms with van der Waals surface area (Å²) >= 11 is 0. The van der Waals surface area contributed by atoms with E-state index in [-0.39, 0.29) is 11.6 Å². The molecule has 2 aromatic rings. The normalized spacial score (nSPS) is 14.8. The predicted octanol–water partition coefficient (Wildman–Crippen LogP) is 0.943. The number of carbonyl (C=O) groups is 2. The molecule has 1 aromatic heterocycles. The van der Waals surface area contributed by atoms with Crippen molar-refractivity contribution in [2.24, 2.45) is 5.73 Å². The van der Waals surface area contributed by atoms with Crippen LogP contribution in [0.4, 0.5) is 0 Å². The molecule has 1 saturated heterocycles. The summed E-state index contributed by atoms with van der Waals surface area (Å²) in [5.74, 6) is -0.861. The monoisotopic (exact) mass is 354 g/mol. The molecule has 136 valence electrons. The van der Waals surface area contributed by atoms with Gasteiger partial charge in [0.2, 0.25) is 0 Å². The fourth-order valence-corrected chi connectivity index (χ4v) is 2.74. The first-order valence-corrected chi connectivity index (χ1v) is 8.54. The number of hydrogen-bond donors (Lipinski definition) is 2. The van der Waals surface area contributed by atoms with Crippen LogP contribution in [0, 0.1) is 0 Å². The molecule has 2 amide bonds. The summed E-state index contributed by atoms with van der Waals surface area (Å²) < 4.78 is 5.36. The molecule has 1 fully saturated rings. The van der Waals surface area contributed by atoms with Gasteiger partial charge in [-0.1, -0.05) is 24.3 Å². The molecule has 2 heterocycles. The molecule has 7 nitrogen and oxygen atoms in total. The Morgan fingerprint density at radius 3 is 2.38 bits per heavy atom. The highest BCUT2D eigenvalue weighted by molar-refractivity contribution is 5.95. The lowest BCUT2D eigenvalue weighted by molar-refractivity contribution is 0.0342. The number of carbonyl (C=O) groups excluding carboxylic acids is 2. The van der Waals surface area contributed by atoms with E-state index < -0.39 is 5.91 Å². The maximum Gasteiger partial charge on any atom is 0.267 e. The minimum Gasteiger partial charge on any atom is -0.379 e. The molecule has 3 N–H and O–H groups in total. The maximum atomic E-state index is 12.1. The minimum absolute atomic E-state index is 0.136. The second-order valence-electron chi connectivity index (χ2n) is 6.18. The summed E-state index contributed by atoms with van der Waals surface area (Å²) in [5.41, 5.74) is 7.92. The van der Waals surface area contributed by atoms with Crippen LogP contribution in [0.2, 0.25) is 0 Å². The van der Waals surface area contributed by atoms with Gasteiger partial charge in [-0.25, -0.2) is 0 Å². The van der Waals surface area contributed by atoms with E-state index in [0.29, 0.717) is 12.1 Å². The minimum atomic E-state index is -0.617. The highest BCUT2D eigenvalue weighted by Gasteiger charge is 2.11. The van der Waals surface area contributed by atoms with E-state index in [0.717, 1.165) is 38.4 Å². The number of nitrogens with two attached hydrogens (primary N) is 1. The van der Waals surface area contributed by atoms with Crippen LogP contribution in [0.1, 0.15) is 32.0 Å². The molecule has 1 aliphatic rings. The zero-order valence-electron chi connectivity index (χ0n) is 14.5. The zero-order valence-corrected chi connectivity index (χ0v) is 14.5. The molecule has 0 spiro atoms. The number of pyridine rings is 1. The largest absolute Gasteiger partial charge is 0.379 e. The van der Waals surface area contributed by atoms with E-state index in [2.05, 4.69) is 27.3 Å². The van der Waals surface area contributed by atoms with Gasteiger partial charge in [0, 0.05) is 32.4 Å². The molecule has 0 atom stereocenters. The summed E-state index contributed by atoms with van der Waals surface area (Å²) in [6.07, 6.45) is 1.35. The van der Waals surface area contributed by atoms with Gasteiger partial charge >= 0.3 is 0 Å². The van der Waals surface area contributed by atoms with Crippen LogP contribution < -0.4 is 11.1 Å². The van der Waals surface area contributed by atoms with E-state index in [1.54, 1.807) is 0 Å². The number of amides is 2. The van der Waals surface area contributed by atoms with Crippen LogP contribution in [0.15, 0.2) is 42.6 Å². The standard InChI is InChI=1S/C19H22N4O3/c20-18(24)17-6-5-16(12-21-17)19(25)22-11-14-1-3-15(4-2-14)13-23-7-9-26-10-8-23/h1-6,12H,7-11,13H2,(H2,20,24)(H,22,25). The van der Waals surface area contributed by atoms with Crippen molar-refractivity contribution >= 4 is 11.8 Å². The van der Waals surface area contributed by atoms with Gasteiger partial charge in [0.1, 0.15) is 5.69 Å². The second kappa shape index (κ2) is 8.55. The van der Waals surface area contributed by atoms with Crippen LogP contribution in [0.25, 0.3) is 0 Å². The van der Waals surface area contributed by atoms with Crippen LogP contribution >= 0.6 is 0 Å². The smallest absolute Gasteiger partial charge is 0.267 e. The van der Waals surface area contributed by atoms with Gasteiger partial charge in [-0.2, -0.15) is 0 Å². The number of hydrogen-bond acceptors (Lipinski definition) is 5. The Balaban J connectivity index is 1.50. The Kier molecular flexibility index (Phi) is 5.93. The molecule has 0 bridgehead atoms. The third-order valence-electron chi connectivity index (χ3n) is 4.26. The van der Waals surface area contributed by atoms with Gasteiger partial charge in [-0.15, -0.1) is 0 Å². The molecule has 0 unspecified atom stereocenters. The molecule has 0 radical (unpaired) electrons. The second-order valence-corrected chi connectivity index (χ2v) is 6.18. The fourth-order valence-electron chi connectivity index (χ4n) is 2.74. The van der Waals surface area contributed by atoms with Crippen molar-refractivity contribution in [2.75, 3.05) is 26.3 Å². The van der Waals surface area contributed by atoms with Crippen molar-refractivity contribution in [3.05, 3.63) is 65.0 Å². The third-order valence-corrected chi connectivity index (χ3v) is 4.26. The number of aromatic nitrogens is 1. The lowest BCUT2D eigenvalue weighted by Gasteiger charge is -2.26. The molecule has 1 aromatic carbocycles. The number of nitrogens with one attached hydrogen (secondary N) is 1. The van der Waals surface area contributed by atoms with Gasteiger partial charge in [-0.05, 0) is 23.3 Å². The van der Waals surface area contributed by atoms with Gasteiger partial charge in [0.25, 0.3) is 11.8 Å². The average molecular weight is 354 g/mol. The van der Waals surface area contributed by atoms with Crippen molar-refractivity contribution in [1.82, 2.24) is 15.2 Å². The Labute approximate surface area is 152 Å². The maximum absolute atomic E-state index is 12.1. The highest BCUT2D eigenvalue weighted by atomic mass is 16.5. The summed E-state index contributed by atoms with van der Waals surface area (Å²) in [7, 11) is 0. The molecule has 1 aliphatic heterocycles. The fraction of sp³-hybridized carbons (Fsp3) is 0.316. The SMILES string of the molecule is NC(=O)c1ccc(C(=O)NCc2ccc(CN3CCOCC3)cc2)cn1. The van der Waals surface area contributed by atoms with Gasteiger partial charge in [0.15, 0.2) is 0 Å². The molecule has 0 aliphatic carbocycles. The van der Waals surface area contributed by atoms with E-state index >= 15 is 0 Å². The molecule has 7 heteroatoms. The molecule has 0 saturated carbocycles. The first-order valence-electron chi connectivity index (χ1n) is 8.54. The van der Waals surface area contributed by atoms with Crippen molar-refractivity contribution < 1.29 is 14.3 Å². The van der Waals surface area contributed by atoms with E-state index in [1.165, 1.54) is 23.9 Å². The number of benzene rings is 1. The zero-order chi connectivity index (χ0) is 18.4. The molecular weight excluding hydrogens is 332 g/mol. The Morgan fingerprint density at radius 1 is 1.08 bits per heavy atom. The molecule has 26 heavy (non-hydrogen) atoms. The van der Waals surface area contributed by atoms with Crippen molar-refractivity contribution in [3.63, 3.8) is 0 Å². The molecular formula is C19H22N4O3. The van der Waals surface area contributed by atoms with Crippen LogP contribution in [-0.4, -0.2) is 48.0 Å². The van der Waals surface area contributed by atoms with Crippen molar-refractivity contribution in [3.8, 4) is 0 Å². The van der Waals surface area contributed by atoms with E-state index in [1.807, 2.05) is 12.1 Å². The number of ether oxygens (including phenoxy) is 1. The van der Waals surface area contributed by atoms with Crippen LogP contribution in [0.5, 0.6) is 0 Å². The average Bonchev–Trinajstić information content (AvgIpc) is 2.68. The summed E-state index contributed by atoms with van der Waals surface area (Å²) in [6, 6.07) is 11.2. The number of nitrogens with zero attached hydrogens (tertiary/aromatic N) is 2. The van der Waals surface area contributed by atoms with Crippen molar-refractivity contribution in [2.45, 2.75) is 13.1 Å². The molecule has 3 rings (SSSR count). The van der Waals surface area contributed by atoms with Gasteiger partial charge < -0.3 is 15.8 Å². The Morgan fingerprint density at radius 2 is 1.77 bits per heavy atom. The first-order chi connectivity index (χ1) is 12.6. The van der Waals surface area contributed by atoms with Crippen molar-refractivity contribution in [1.29, 1.82) is 0 Å². The predicted molar refractivity (Wildman–Crippen MR) is 96.5 cm³/mol. The van der Waals surface area contributed by atoms with Crippen LogP contribution in [-0.2, 0) is 17.8 Å².